The number of rotatable bonds is 10. The lowest BCUT2D eigenvalue weighted by atomic mass is 10.0. The van der Waals surface area contributed by atoms with E-state index in [-0.39, 0.29) is 11.9 Å². The van der Waals surface area contributed by atoms with Gasteiger partial charge >= 0.3 is 0 Å². The molecule has 0 spiro atoms. The Morgan fingerprint density at radius 2 is 1.84 bits per heavy atom. The number of methoxy groups -OCH3 is 2. The quantitative estimate of drug-likeness (QED) is 0.193. The first-order chi connectivity index (χ1) is 22.1. The second-order valence-corrected chi connectivity index (χ2v) is 11.4. The van der Waals surface area contributed by atoms with Crippen LogP contribution in [0.2, 0.25) is 0 Å². The number of fused-ring (bicyclic) bond motifs is 2. The predicted octanol–water partition coefficient (Wildman–Crippen LogP) is 5.42. The van der Waals surface area contributed by atoms with Crippen molar-refractivity contribution < 1.29 is 14.3 Å². The minimum absolute atomic E-state index is 0.0465. The van der Waals surface area contributed by atoms with Crippen molar-refractivity contribution in [2.45, 2.75) is 44.7 Å². The normalized spacial score (nSPS) is 15.5. The zero-order valence-corrected chi connectivity index (χ0v) is 25.7. The van der Waals surface area contributed by atoms with Gasteiger partial charge in [0.05, 0.1) is 37.5 Å². The summed E-state index contributed by atoms with van der Waals surface area (Å²) in [6, 6.07) is 21.5. The van der Waals surface area contributed by atoms with Crippen LogP contribution in [-0.2, 0) is 17.6 Å². The average Bonchev–Trinajstić information content (AvgIpc) is 3.90. The Morgan fingerprint density at radius 1 is 1.02 bits per heavy atom. The third-order valence-electron chi connectivity index (χ3n) is 8.79. The summed E-state index contributed by atoms with van der Waals surface area (Å²) in [5, 5.41) is 18.6. The van der Waals surface area contributed by atoms with Crippen molar-refractivity contribution in [2.24, 2.45) is 0 Å². The van der Waals surface area contributed by atoms with Gasteiger partial charge in [0, 0.05) is 41.2 Å². The average molecular weight is 604 g/mol. The van der Waals surface area contributed by atoms with Crippen LogP contribution in [0, 0.1) is 0 Å². The topological polar surface area (TPSA) is 111 Å². The van der Waals surface area contributed by atoms with Gasteiger partial charge in [0.1, 0.15) is 11.5 Å². The van der Waals surface area contributed by atoms with E-state index in [1.54, 1.807) is 14.2 Å². The third kappa shape index (κ3) is 5.21. The lowest BCUT2D eigenvalue weighted by molar-refractivity contribution is -0.123. The largest absolute Gasteiger partial charge is 0.497 e. The van der Waals surface area contributed by atoms with Crippen LogP contribution in [-0.4, -0.2) is 57.0 Å². The van der Waals surface area contributed by atoms with Crippen molar-refractivity contribution >= 4 is 27.7 Å². The molecule has 1 fully saturated rings. The van der Waals surface area contributed by atoms with Gasteiger partial charge in [-0.1, -0.05) is 43.3 Å². The fraction of sp³-hybridized carbons (Fsp3) is 0.286. The Bertz CT molecular complexity index is 1980. The van der Waals surface area contributed by atoms with Crippen LogP contribution in [0.5, 0.6) is 11.5 Å². The summed E-state index contributed by atoms with van der Waals surface area (Å²) >= 11 is 0. The highest BCUT2D eigenvalue weighted by molar-refractivity contribution is 5.86. The van der Waals surface area contributed by atoms with Crippen LogP contribution in [0.4, 0.5) is 0 Å². The van der Waals surface area contributed by atoms with Gasteiger partial charge in [-0.05, 0) is 61.2 Å². The number of nitrogens with one attached hydrogen (secondary N) is 3. The fourth-order valence-electron chi connectivity index (χ4n) is 6.48. The smallest absolute Gasteiger partial charge is 0.240 e. The number of amides is 1. The Balaban J connectivity index is 1.44. The molecule has 0 radical (unpaired) electrons. The maximum absolute atomic E-state index is 13.7. The summed E-state index contributed by atoms with van der Waals surface area (Å²) in [7, 11) is 3.27. The second-order valence-electron chi connectivity index (χ2n) is 11.4. The number of carbonyl (C=O) groups excluding carboxylic acids is 1. The molecule has 1 saturated heterocycles. The minimum Gasteiger partial charge on any atom is -0.497 e. The summed E-state index contributed by atoms with van der Waals surface area (Å²) in [5.74, 6) is 2.41. The van der Waals surface area contributed by atoms with E-state index < -0.39 is 6.04 Å². The first kappa shape index (κ1) is 28.7. The molecule has 1 amide bonds. The molecular weight excluding hydrogens is 566 g/mol. The van der Waals surface area contributed by atoms with E-state index >= 15 is 0 Å². The molecule has 1 aliphatic rings. The first-order valence-electron chi connectivity index (χ1n) is 15.5. The molecule has 3 aromatic heterocycles. The van der Waals surface area contributed by atoms with Crippen LogP contribution >= 0.6 is 0 Å². The molecule has 4 heterocycles. The second kappa shape index (κ2) is 12.1. The number of H-pyrrole nitrogens is 1. The monoisotopic (exact) mass is 603 g/mol. The van der Waals surface area contributed by atoms with E-state index in [4.69, 9.17) is 19.7 Å². The number of carbonyl (C=O) groups is 1. The molecule has 45 heavy (non-hydrogen) atoms. The maximum Gasteiger partial charge on any atom is 0.240 e. The SMILES string of the molecule is CCc1cn(-c2nnc([C@@H](Cc3c[nH]c4ccccc34)NC(=O)[C@@H]3CCCN3)n2-c2ccc(OC)cc2OC)c2ccccc12. The lowest BCUT2D eigenvalue weighted by Crippen LogP contribution is -2.43. The molecular formula is C35H37N7O3. The van der Waals surface area contributed by atoms with Crippen LogP contribution in [0.15, 0.2) is 79.1 Å². The van der Waals surface area contributed by atoms with E-state index in [0.29, 0.717) is 29.7 Å². The molecule has 10 heteroatoms. The number of ether oxygens (including phenoxy) is 2. The lowest BCUT2D eigenvalue weighted by Gasteiger charge is -2.23. The molecule has 3 N–H and O–H groups in total. The molecule has 1 aliphatic heterocycles. The van der Waals surface area contributed by atoms with Crippen molar-refractivity contribution in [1.82, 2.24) is 34.9 Å². The Labute approximate surface area is 261 Å². The van der Waals surface area contributed by atoms with Crippen molar-refractivity contribution in [3.8, 4) is 23.1 Å². The molecule has 6 aromatic rings. The summed E-state index contributed by atoms with van der Waals surface area (Å²) in [6.45, 7) is 2.98. The highest BCUT2D eigenvalue weighted by Gasteiger charge is 2.31. The molecule has 7 rings (SSSR count). The van der Waals surface area contributed by atoms with Crippen molar-refractivity contribution in [2.75, 3.05) is 20.8 Å². The minimum atomic E-state index is -0.500. The molecule has 0 unspecified atom stereocenters. The number of hydrogen-bond acceptors (Lipinski definition) is 6. The zero-order chi connectivity index (χ0) is 30.9. The molecule has 230 valence electrons. The highest BCUT2D eigenvalue weighted by Crippen LogP contribution is 2.35. The zero-order valence-electron chi connectivity index (χ0n) is 25.7. The van der Waals surface area contributed by atoms with Crippen molar-refractivity contribution in [1.29, 1.82) is 0 Å². The Morgan fingerprint density at radius 3 is 2.62 bits per heavy atom. The molecule has 0 saturated carbocycles. The highest BCUT2D eigenvalue weighted by atomic mass is 16.5. The maximum atomic E-state index is 13.7. The predicted molar refractivity (Wildman–Crippen MR) is 175 cm³/mol. The molecule has 0 aliphatic carbocycles. The Hall–Kier alpha value is -5.09. The van der Waals surface area contributed by atoms with E-state index in [1.807, 2.05) is 47.2 Å². The van der Waals surface area contributed by atoms with E-state index in [0.717, 1.165) is 58.9 Å². The summed E-state index contributed by atoms with van der Waals surface area (Å²) < 4.78 is 15.5. The van der Waals surface area contributed by atoms with Gasteiger partial charge in [-0.15, -0.1) is 10.2 Å². The van der Waals surface area contributed by atoms with Gasteiger partial charge in [0.2, 0.25) is 11.9 Å². The van der Waals surface area contributed by atoms with Crippen molar-refractivity contribution in [3.05, 3.63) is 96.1 Å². The van der Waals surface area contributed by atoms with E-state index in [9.17, 15) is 4.79 Å². The van der Waals surface area contributed by atoms with Gasteiger partial charge in [0.25, 0.3) is 0 Å². The van der Waals surface area contributed by atoms with Crippen LogP contribution < -0.4 is 20.1 Å². The molecule has 3 aromatic carbocycles. The van der Waals surface area contributed by atoms with Gasteiger partial charge in [-0.25, -0.2) is 0 Å². The van der Waals surface area contributed by atoms with Gasteiger partial charge < -0.3 is 25.1 Å². The number of aromatic amines is 1. The van der Waals surface area contributed by atoms with E-state index in [1.165, 1.54) is 5.56 Å². The number of para-hydroxylation sites is 2. The summed E-state index contributed by atoms with van der Waals surface area (Å²) in [4.78, 5) is 17.1. The van der Waals surface area contributed by atoms with Crippen molar-refractivity contribution in [3.63, 3.8) is 0 Å². The van der Waals surface area contributed by atoms with E-state index in [2.05, 4.69) is 63.6 Å². The molecule has 2 atom stereocenters. The van der Waals surface area contributed by atoms with Crippen LogP contribution in [0.1, 0.15) is 42.8 Å². The van der Waals surface area contributed by atoms with Crippen LogP contribution in [0.3, 0.4) is 0 Å². The number of benzene rings is 3. The Kier molecular flexibility index (Phi) is 7.72. The first-order valence-corrected chi connectivity index (χ1v) is 15.5. The number of nitrogens with zero attached hydrogens (tertiary/aromatic N) is 4. The van der Waals surface area contributed by atoms with Gasteiger partial charge in [-0.2, -0.15) is 0 Å². The molecule has 0 bridgehead atoms. The number of aromatic nitrogens is 5. The summed E-state index contributed by atoms with van der Waals surface area (Å²) in [5.41, 5.74) is 5.09. The molecule has 10 nitrogen and oxygen atoms in total. The van der Waals surface area contributed by atoms with Crippen LogP contribution in [0.25, 0.3) is 33.4 Å². The van der Waals surface area contributed by atoms with Gasteiger partial charge in [0.15, 0.2) is 5.82 Å². The summed E-state index contributed by atoms with van der Waals surface area (Å²) in [6.07, 6.45) is 7.28. The third-order valence-corrected chi connectivity index (χ3v) is 8.79. The van der Waals surface area contributed by atoms with Gasteiger partial charge in [-0.3, -0.25) is 13.9 Å². The standard InChI is InChI=1S/C35H37N7O3/c1-4-22-21-41(30-14-8-6-11-26(22)30)35-40-39-33(42(35)31-16-15-24(44-2)19-32(31)45-3)29(38-34(43)28-13-9-17-36-28)18-23-20-37-27-12-7-5-10-25(23)27/h5-8,10-12,14-16,19-21,28-29,36-37H,4,9,13,17-18H2,1-3H3,(H,38,43)/t28-,29+/m0/s1. The fourth-order valence-corrected chi connectivity index (χ4v) is 6.48. The number of aryl methyl sites for hydroxylation is 1. The number of hydrogen-bond donors (Lipinski definition) is 3.